The molecule has 0 saturated carbocycles. The Morgan fingerprint density at radius 1 is 0.580 bits per heavy atom. The van der Waals surface area contributed by atoms with Gasteiger partial charge in [-0.1, -0.05) is 35.3 Å². The second-order valence-corrected chi connectivity index (χ2v) is 24.2. The molecule has 16 heteroatoms. The van der Waals surface area contributed by atoms with Gasteiger partial charge in [-0.3, -0.25) is 19.6 Å². The smallest absolute Gasteiger partial charge is 0.314 e. The summed E-state index contributed by atoms with van der Waals surface area (Å²) >= 11 is 27.7. The van der Waals surface area contributed by atoms with Crippen LogP contribution in [0.4, 0.5) is 4.79 Å². The summed E-state index contributed by atoms with van der Waals surface area (Å²) in [6, 6.07) is 12.5. The second kappa shape index (κ2) is 23.1. The third kappa shape index (κ3) is 11.8. The molecular weight excluding hydrogens is 1170 g/mol. The van der Waals surface area contributed by atoms with E-state index < -0.39 is 0 Å². The minimum Gasteiger partial charge on any atom is -0.351 e. The number of rotatable bonds is 6. The molecule has 6 aliphatic rings. The largest absolute Gasteiger partial charge is 0.351 e. The van der Waals surface area contributed by atoms with Gasteiger partial charge in [0.2, 0.25) is 11.8 Å². The molecule has 4 fully saturated rings. The van der Waals surface area contributed by atoms with Gasteiger partial charge in [0.05, 0.1) is 21.4 Å². The van der Waals surface area contributed by atoms with Gasteiger partial charge in [0.15, 0.2) is 0 Å². The number of likely N-dealkylation sites (tertiary alicyclic amines) is 3. The number of urea groups is 1. The Balaban J connectivity index is 0.000000172. The average Bonchev–Trinajstić information content (AvgIpc) is 3.62. The van der Waals surface area contributed by atoms with E-state index in [0.29, 0.717) is 55.5 Å². The van der Waals surface area contributed by atoms with Crippen LogP contribution in [0.5, 0.6) is 0 Å². The van der Waals surface area contributed by atoms with Crippen LogP contribution in [0.2, 0.25) is 10.0 Å². The molecule has 0 unspecified atom stereocenters. The van der Waals surface area contributed by atoms with Crippen LogP contribution in [0.25, 0.3) is 0 Å². The number of halogens is 6. The summed E-state index contributed by atoms with van der Waals surface area (Å²) in [5, 5.41) is 4.91. The van der Waals surface area contributed by atoms with Crippen molar-refractivity contribution in [1.82, 2.24) is 30.0 Å². The molecule has 368 valence electrons. The summed E-state index contributed by atoms with van der Waals surface area (Å²) in [6.07, 6.45) is 16.7. The molecule has 10 rings (SSSR count). The van der Waals surface area contributed by atoms with Crippen molar-refractivity contribution in [3.8, 4) is 0 Å². The number of hydrogen-bond donors (Lipinski definition) is 2. The number of nitrogens with zero attached hydrogens (tertiary/aromatic N) is 5. The zero-order valence-corrected chi connectivity index (χ0v) is 46.8. The van der Waals surface area contributed by atoms with Crippen molar-refractivity contribution in [2.75, 3.05) is 52.4 Å². The number of nitrogens with two attached hydrogens (primary N) is 1. The standard InChI is InChI=1S/C27H31Br2ClN4O2.C26H30Br2ClN3O/c28-19-14-18-1-2-21-20(3-4-22(30)25(21)29)24(26(18)32-15-19)17-7-11-33(12-8-17)23(35)13-16-5-9-34(10-6-16)27(31)36;27-19-14-18-1-2-21-20(3-4-22(29)25(21)28)24(26(18)31-15-19)17-7-11-32(12-8-17)23(33)13-16-5-9-30-10-6-16/h3-4,14-17,24H,1-2,5-13H2,(H2,31,36);3-4,14-17,24,30H,1-2,5-13H2/t2*24-/m00/s1. The van der Waals surface area contributed by atoms with Gasteiger partial charge in [0.25, 0.3) is 0 Å². The fourth-order valence-corrected chi connectivity index (χ4v) is 14.4. The minimum atomic E-state index is -0.361. The molecule has 4 aromatic rings. The quantitative estimate of drug-likeness (QED) is 0.198. The molecule has 10 nitrogen and oxygen atoms in total. The summed E-state index contributed by atoms with van der Waals surface area (Å²) in [6.45, 7) is 6.64. The second-order valence-electron chi connectivity index (χ2n) is 20.0. The molecule has 4 amide bonds. The zero-order chi connectivity index (χ0) is 48.3. The van der Waals surface area contributed by atoms with Crippen LogP contribution < -0.4 is 11.1 Å². The third-order valence-corrected chi connectivity index (χ3v) is 19.8. The van der Waals surface area contributed by atoms with E-state index in [0.717, 1.165) is 150 Å². The summed E-state index contributed by atoms with van der Waals surface area (Å²) < 4.78 is 4.05. The first-order chi connectivity index (χ1) is 33.3. The maximum atomic E-state index is 13.1. The number of nitrogens with one attached hydrogen (secondary N) is 1. The number of pyridine rings is 2. The van der Waals surface area contributed by atoms with Crippen molar-refractivity contribution < 1.29 is 14.4 Å². The van der Waals surface area contributed by atoms with Crippen molar-refractivity contribution in [3.63, 3.8) is 0 Å². The van der Waals surface area contributed by atoms with Crippen LogP contribution in [0.15, 0.2) is 66.7 Å². The zero-order valence-electron chi connectivity index (χ0n) is 38.9. The Labute approximate surface area is 450 Å². The third-order valence-electron chi connectivity index (χ3n) is 16.0. The van der Waals surface area contributed by atoms with Crippen LogP contribution in [0.3, 0.4) is 0 Å². The van der Waals surface area contributed by atoms with Crippen LogP contribution >= 0.6 is 86.9 Å². The van der Waals surface area contributed by atoms with Gasteiger partial charge < -0.3 is 25.8 Å². The van der Waals surface area contributed by atoms with Crippen molar-refractivity contribution in [1.29, 1.82) is 0 Å². The van der Waals surface area contributed by atoms with Gasteiger partial charge in [-0.05, 0) is 235 Å². The van der Waals surface area contributed by atoms with Crippen LogP contribution in [-0.4, -0.2) is 94.9 Å². The highest BCUT2D eigenvalue weighted by Gasteiger charge is 2.38. The molecule has 0 radical (unpaired) electrons. The number of hydrogen-bond acceptors (Lipinski definition) is 6. The van der Waals surface area contributed by atoms with E-state index in [9.17, 15) is 14.4 Å². The molecule has 0 bridgehead atoms. The van der Waals surface area contributed by atoms with Gasteiger partial charge in [0, 0.05) is 94.2 Å². The molecule has 0 spiro atoms. The number of aromatic nitrogens is 2. The maximum Gasteiger partial charge on any atom is 0.314 e. The number of carbonyl (C=O) groups is 3. The minimum absolute atomic E-state index is 0.189. The summed E-state index contributed by atoms with van der Waals surface area (Å²) in [5.74, 6) is 2.76. The Bertz CT molecular complexity index is 2540. The van der Waals surface area contributed by atoms with Gasteiger partial charge in [-0.2, -0.15) is 0 Å². The first kappa shape index (κ1) is 51.3. The van der Waals surface area contributed by atoms with Crippen molar-refractivity contribution in [3.05, 3.63) is 121 Å². The summed E-state index contributed by atoms with van der Waals surface area (Å²) in [7, 11) is 0. The Morgan fingerprint density at radius 3 is 1.41 bits per heavy atom. The van der Waals surface area contributed by atoms with Crippen LogP contribution in [-0.2, 0) is 35.3 Å². The van der Waals surface area contributed by atoms with Crippen LogP contribution in [0.1, 0.15) is 121 Å². The van der Waals surface area contributed by atoms with Crippen molar-refractivity contribution in [2.24, 2.45) is 29.4 Å². The molecule has 3 N–H and O–H groups in total. The molecule has 2 aromatic carbocycles. The fraction of sp³-hybridized carbons (Fsp3) is 0.528. The molecule has 6 heterocycles. The lowest BCUT2D eigenvalue weighted by Crippen LogP contribution is -2.44. The van der Waals surface area contributed by atoms with E-state index in [4.69, 9.17) is 38.9 Å². The van der Waals surface area contributed by atoms with E-state index in [1.165, 1.54) is 39.1 Å². The lowest BCUT2D eigenvalue weighted by Gasteiger charge is -2.38. The molecule has 4 aliphatic heterocycles. The molecule has 2 atom stereocenters. The monoisotopic (exact) mass is 1230 g/mol. The van der Waals surface area contributed by atoms with E-state index in [1.54, 1.807) is 4.90 Å². The molecule has 2 aliphatic carbocycles. The molecule has 69 heavy (non-hydrogen) atoms. The SMILES string of the molecule is NC(=O)N1CCC(CC(=O)N2CCC([C@H]3c4ccc(Cl)c(Br)c4CCc4cc(Br)cnc43)CC2)CC1.O=C(CC1CCNCC1)N1CCC([C@H]2c3ccc(Cl)c(Br)c3CCc3cc(Br)cnc32)CC1. The van der Waals surface area contributed by atoms with Crippen molar-refractivity contribution in [2.45, 2.75) is 102 Å². The maximum absolute atomic E-state index is 13.1. The van der Waals surface area contributed by atoms with Crippen LogP contribution in [0, 0.1) is 23.7 Å². The lowest BCUT2D eigenvalue weighted by molar-refractivity contribution is -0.134. The Morgan fingerprint density at radius 2 is 0.986 bits per heavy atom. The normalized spacial score (nSPS) is 21.4. The number of fused-ring (bicyclic) bond motifs is 4. The summed E-state index contributed by atoms with van der Waals surface area (Å²) in [4.78, 5) is 53.2. The van der Waals surface area contributed by atoms with Gasteiger partial charge in [-0.25, -0.2) is 4.79 Å². The first-order valence-corrected chi connectivity index (χ1v) is 28.8. The Hall–Kier alpha value is -2.59. The average molecular weight is 1230 g/mol. The highest BCUT2D eigenvalue weighted by Crippen LogP contribution is 2.47. The highest BCUT2D eigenvalue weighted by atomic mass is 79.9. The summed E-state index contributed by atoms with van der Waals surface area (Å²) in [5.41, 5.74) is 15.6. The Kier molecular flexibility index (Phi) is 17.2. The number of piperidine rings is 4. The van der Waals surface area contributed by atoms with E-state index >= 15 is 0 Å². The number of carbonyl (C=O) groups excluding carboxylic acids is 3. The van der Waals surface area contributed by atoms with Gasteiger partial charge in [0.1, 0.15) is 0 Å². The van der Waals surface area contributed by atoms with E-state index in [2.05, 4.69) is 98.2 Å². The molecular formula is C53H61Br4Cl2N7O3. The highest BCUT2D eigenvalue weighted by molar-refractivity contribution is 9.11. The lowest BCUT2D eigenvalue weighted by atomic mass is 9.76. The molecule has 2 aromatic heterocycles. The molecule has 4 saturated heterocycles. The number of benzene rings is 2. The predicted octanol–water partition coefficient (Wildman–Crippen LogP) is 12.0. The van der Waals surface area contributed by atoms with E-state index in [1.807, 2.05) is 29.4 Å². The van der Waals surface area contributed by atoms with Crippen molar-refractivity contribution >= 4 is 105 Å². The predicted molar refractivity (Wildman–Crippen MR) is 288 cm³/mol. The van der Waals surface area contributed by atoms with E-state index in [-0.39, 0.29) is 23.8 Å². The number of aryl methyl sites for hydroxylation is 2. The number of primary amides is 1. The fourth-order valence-electron chi connectivity index (χ4n) is 12.2. The number of amides is 4. The van der Waals surface area contributed by atoms with Gasteiger partial charge in [-0.15, -0.1) is 0 Å². The topological polar surface area (TPSA) is 125 Å². The first-order valence-electron chi connectivity index (χ1n) is 24.9. The van der Waals surface area contributed by atoms with Gasteiger partial charge >= 0.3 is 6.03 Å².